The first kappa shape index (κ1) is 21.2. The van der Waals surface area contributed by atoms with Crippen molar-refractivity contribution in [1.82, 2.24) is 5.32 Å². The number of esters is 1. The van der Waals surface area contributed by atoms with E-state index in [1.54, 1.807) is 45.0 Å². The molecule has 1 rings (SSSR count). The number of carboxylic acid groups (broad SMARTS) is 1. The van der Waals surface area contributed by atoms with Crippen LogP contribution in [0.2, 0.25) is 0 Å². The summed E-state index contributed by atoms with van der Waals surface area (Å²) in [5.74, 6) is -3.22. The number of carboxylic acids is 1. The van der Waals surface area contributed by atoms with Crippen LogP contribution < -0.4 is 5.32 Å². The molecule has 0 fully saturated rings. The number of rotatable bonds is 8. The van der Waals surface area contributed by atoms with Crippen LogP contribution >= 0.6 is 0 Å². The first-order valence-corrected chi connectivity index (χ1v) is 8.18. The summed E-state index contributed by atoms with van der Waals surface area (Å²) in [7, 11) is 0. The molecular weight excluding hydrogens is 338 g/mol. The van der Waals surface area contributed by atoms with Crippen molar-refractivity contribution in [3.05, 3.63) is 48.6 Å². The lowest BCUT2D eigenvalue weighted by atomic mass is 9.96. The standard InChI is InChI=1S/C19H25NO6/c1-5-9-14(17(23)25-12-13-10-7-6-8-11-13)15(16(21)22)20-18(24)26-19(2,3)4/h5-8,10-11,14-15H,1,9,12H2,2-4H3,(H,20,24)(H,21,22). The Labute approximate surface area is 153 Å². The Balaban J connectivity index is 2.83. The summed E-state index contributed by atoms with van der Waals surface area (Å²) in [6.07, 6.45) is 0.511. The SMILES string of the molecule is C=CCC(C(=O)OCc1ccccc1)C(NC(=O)OC(C)(C)C)C(=O)O. The van der Waals surface area contributed by atoms with E-state index in [-0.39, 0.29) is 13.0 Å². The van der Waals surface area contributed by atoms with Gasteiger partial charge in [-0.2, -0.15) is 0 Å². The minimum absolute atomic E-state index is 0.00604. The van der Waals surface area contributed by atoms with E-state index in [1.165, 1.54) is 6.08 Å². The highest BCUT2D eigenvalue weighted by Crippen LogP contribution is 2.16. The maximum atomic E-state index is 12.4. The first-order chi connectivity index (χ1) is 12.1. The lowest BCUT2D eigenvalue weighted by Crippen LogP contribution is -2.50. The molecule has 142 valence electrons. The summed E-state index contributed by atoms with van der Waals surface area (Å²) in [4.78, 5) is 35.9. The summed E-state index contributed by atoms with van der Waals surface area (Å²) in [5.41, 5.74) is -0.0281. The predicted octanol–water partition coefficient (Wildman–Crippen LogP) is 2.90. The van der Waals surface area contributed by atoms with Crippen LogP contribution in [0.4, 0.5) is 4.79 Å². The zero-order valence-electron chi connectivity index (χ0n) is 15.2. The van der Waals surface area contributed by atoms with Crippen LogP contribution in [0.25, 0.3) is 0 Å². The molecule has 0 aliphatic heterocycles. The van der Waals surface area contributed by atoms with Crippen molar-refractivity contribution in [3.8, 4) is 0 Å². The Morgan fingerprint density at radius 3 is 2.35 bits per heavy atom. The first-order valence-electron chi connectivity index (χ1n) is 8.18. The third-order valence-corrected chi connectivity index (χ3v) is 3.29. The second-order valence-corrected chi connectivity index (χ2v) is 6.69. The van der Waals surface area contributed by atoms with Crippen LogP contribution in [0.15, 0.2) is 43.0 Å². The summed E-state index contributed by atoms with van der Waals surface area (Å²) in [5, 5.41) is 11.7. The second kappa shape index (κ2) is 9.60. The topological polar surface area (TPSA) is 102 Å². The monoisotopic (exact) mass is 363 g/mol. The highest BCUT2D eigenvalue weighted by Gasteiger charge is 2.36. The number of carbonyl (C=O) groups is 3. The number of benzene rings is 1. The lowest BCUT2D eigenvalue weighted by molar-refractivity contribution is -0.156. The van der Waals surface area contributed by atoms with E-state index in [9.17, 15) is 19.5 Å². The van der Waals surface area contributed by atoms with Gasteiger partial charge in [-0.3, -0.25) is 4.79 Å². The van der Waals surface area contributed by atoms with Crippen LogP contribution in [0.5, 0.6) is 0 Å². The van der Waals surface area contributed by atoms with Crippen LogP contribution in [-0.4, -0.2) is 34.8 Å². The average Bonchev–Trinajstić information content (AvgIpc) is 2.55. The number of carbonyl (C=O) groups excluding carboxylic acids is 2. The van der Waals surface area contributed by atoms with Gasteiger partial charge in [0.15, 0.2) is 0 Å². The van der Waals surface area contributed by atoms with Gasteiger partial charge < -0.3 is 19.9 Å². The van der Waals surface area contributed by atoms with Crippen LogP contribution in [0.3, 0.4) is 0 Å². The molecule has 1 amide bonds. The molecule has 0 aliphatic carbocycles. The molecule has 2 N–H and O–H groups in total. The zero-order valence-corrected chi connectivity index (χ0v) is 15.2. The normalized spacial score (nSPS) is 13.2. The molecule has 1 aromatic rings. The third kappa shape index (κ3) is 7.38. The molecule has 0 heterocycles. The van der Waals surface area contributed by atoms with Gasteiger partial charge in [0, 0.05) is 0 Å². The molecule has 0 radical (unpaired) electrons. The molecule has 0 aliphatic rings. The van der Waals surface area contributed by atoms with Crippen molar-refractivity contribution in [2.75, 3.05) is 0 Å². The van der Waals surface area contributed by atoms with E-state index in [1.807, 2.05) is 6.07 Å². The molecule has 26 heavy (non-hydrogen) atoms. The molecule has 0 aromatic heterocycles. The predicted molar refractivity (Wildman–Crippen MR) is 95.3 cm³/mol. The highest BCUT2D eigenvalue weighted by molar-refractivity contribution is 5.87. The Kier molecular flexibility index (Phi) is 7.83. The van der Waals surface area contributed by atoms with Gasteiger partial charge >= 0.3 is 18.0 Å². The van der Waals surface area contributed by atoms with E-state index in [4.69, 9.17) is 9.47 Å². The van der Waals surface area contributed by atoms with Gasteiger partial charge in [-0.1, -0.05) is 36.4 Å². The maximum absolute atomic E-state index is 12.4. The number of alkyl carbamates (subject to hydrolysis) is 1. The van der Waals surface area contributed by atoms with Crippen molar-refractivity contribution in [2.45, 2.75) is 45.4 Å². The number of allylic oxidation sites excluding steroid dienone is 1. The molecule has 7 nitrogen and oxygen atoms in total. The van der Waals surface area contributed by atoms with Gasteiger partial charge in [-0.05, 0) is 32.8 Å². The van der Waals surface area contributed by atoms with Gasteiger partial charge in [0.25, 0.3) is 0 Å². The number of hydrogen-bond acceptors (Lipinski definition) is 5. The molecule has 2 unspecified atom stereocenters. The van der Waals surface area contributed by atoms with E-state index in [0.29, 0.717) is 0 Å². The molecule has 2 atom stereocenters. The Bertz CT molecular complexity index is 635. The van der Waals surface area contributed by atoms with Gasteiger partial charge in [0.2, 0.25) is 0 Å². The molecular formula is C19H25NO6. The van der Waals surface area contributed by atoms with Crippen LogP contribution in [0, 0.1) is 5.92 Å². The van der Waals surface area contributed by atoms with Crippen LogP contribution in [-0.2, 0) is 25.7 Å². The maximum Gasteiger partial charge on any atom is 0.408 e. The Morgan fingerprint density at radius 2 is 1.85 bits per heavy atom. The highest BCUT2D eigenvalue weighted by atomic mass is 16.6. The Hall–Kier alpha value is -2.83. The fraction of sp³-hybridized carbons (Fsp3) is 0.421. The van der Waals surface area contributed by atoms with Crippen molar-refractivity contribution in [1.29, 1.82) is 0 Å². The molecule has 1 aromatic carbocycles. The Morgan fingerprint density at radius 1 is 1.23 bits per heavy atom. The number of nitrogens with one attached hydrogen (secondary N) is 1. The molecule has 0 saturated carbocycles. The lowest BCUT2D eigenvalue weighted by Gasteiger charge is -2.25. The van der Waals surface area contributed by atoms with Crippen molar-refractivity contribution < 1.29 is 29.0 Å². The fourth-order valence-electron chi connectivity index (χ4n) is 2.15. The quantitative estimate of drug-likeness (QED) is 0.544. The van der Waals surface area contributed by atoms with Crippen molar-refractivity contribution in [3.63, 3.8) is 0 Å². The fourth-order valence-corrected chi connectivity index (χ4v) is 2.15. The summed E-state index contributed by atoms with van der Waals surface area (Å²) in [6, 6.07) is 7.50. The smallest absolute Gasteiger partial charge is 0.408 e. The third-order valence-electron chi connectivity index (χ3n) is 3.29. The van der Waals surface area contributed by atoms with Gasteiger partial charge in [0.05, 0.1) is 5.92 Å². The molecule has 7 heteroatoms. The minimum Gasteiger partial charge on any atom is -0.480 e. The second-order valence-electron chi connectivity index (χ2n) is 6.69. The largest absolute Gasteiger partial charge is 0.480 e. The van der Waals surface area contributed by atoms with E-state index >= 15 is 0 Å². The van der Waals surface area contributed by atoms with Crippen molar-refractivity contribution in [2.24, 2.45) is 5.92 Å². The van der Waals surface area contributed by atoms with Gasteiger partial charge in [-0.25, -0.2) is 9.59 Å². The average molecular weight is 363 g/mol. The van der Waals surface area contributed by atoms with Gasteiger partial charge in [0.1, 0.15) is 18.2 Å². The van der Waals surface area contributed by atoms with E-state index in [2.05, 4.69) is 11.9 Å². The van der Waals surface area contributed by atoms with Crippen LogP contribution in [0.1, 0.15) is 32.8 Å². The molecule has 0 spiro atoms. The van der Waals surface area contributed by atoms with E-state index in [0.717, 1.165) is 5.56 Å². The summed E-state index contributed by atoms with van der Waals surface area (Å²) < 4.78 is 10.3. The summed E-state index contributed by atoms with van der Waals surface area (Å²) >= 11 is 0. The number of aliphatic carboxylic acids is 1. The van der Waals surface area contributed by atoms with E-state index < -0.39 is 35.6 Å². The zero-order chi connectivity index (χ0) is 19.7. The van der Waals surface area contributed by atoms with Crippen molar-refractivity contribution >= 4 is 18.0 Å². The summed E-state index contributed by atoms with van der Waals surface area (Å²) in [6.45, 7) is 8.49. The van der Waals surface area contributed by atoms with Gasteiger partial charge in [-0.15, -0.1) is 6.58 Å². The number of amides is 1. The molecule has 0 bridgehead atoms. The number of ether oxygens (including phenoxy) is 2. The molecule has 0 saturated heterocycles. The number of hydrogen-bond donors (Lipinski definition) is 2. The minimum atomic E-state index is -1.49.